The maximum absolute atomic E-state index is 13.3. The Bertz CT molecular complexity index is 876. The molecule has 0 radical (unpaired) electrons. The van der Waals surface area contributed by atoms with Gasteiger partial charge in [-0.3, -0.25) is 4.79 Å². The molecule has 2 heterocycles. The summed E-state index contributed by atoms with van der Waals surface area (Å²) >= 11 is 0. The summed E-state index contributed by atoms with van der Waals surface area (Å²) in [6.07, 6.45) is 1.68. The highest BCUT2D eigenvalue weighted by Gasteiger charge is 2.43. The predicted molar refractivity (Wildman–Crippen MR) is 109 cm³/mol. The fraction of sp³-hybridized carbons (Fsp3) is 0.667. The van der Waals surface area contributed by atoms with E-state index >= 15 is 0 Å². The average Bonchev–Trinajstić information content (AvgIpc) is 3.54. The van der Waals surface area contributed by atoms with Crippen molar-refractivity contribution in [1.29, 1.82) is 0 Å². The summed E-state index contributed by atoms with van der Waals surface area (Å²) in [6, 6.07) is 4.09. The van der Waals surface area contributed by atoms with Crippen LogP contribution >= 0.6 is 0 Å². The average molecular weight is 457 g/mol. The fourth-order valence-electron chi connectivity index (χ4n) is 4.17. The monoisotopic (exact) mass is 456 g/mol. The van der Waals surface area contributed by atoms with Gasteiger partial charge in [-0.05, 0) is 55.9 Å². The minimum absolute atomic E-state index is 0.0193. The normalized spacial score (nSPS) is 30.1. The molecule has 0 spiro atoms. The number of β-amino-alcohol motifs (C(OH)–C–C–N with tert-alkyl or cyclic N) is 1. The Morgan fingerprint density at radius 2 is 1.90 bits per heavy atom. The second kappa shape index (κ2) is 9.50. The third-order valence-corrected chi connectivity index (χ3v) is 7.96. The summed E-state index contributed by atoms with van der Waals surface area (Å²) in [7, 11) is -3.98. The summed E-state index contributed by atoms with van der Waals surface area (Å²) in [4.78, 5) is 12.2. The number of carbonyl (C=O) groups is 1. The molecule has 31 heavy (non-hydrogen) atoms. The highest BCUT2D eigenvalue weighted by Crippen LogP contribution is 2.32. The van der Waals surface area contributed by atoms with Crippen LogP contribution in [0.25, 0.3) is 0 Å². The Morgan fingerprint density at radius 3 is 2.61 bits per heavy atom. The van der Waals surface area contributed by atoms with Gasteiger partial charge in [-0.25, -0.2) is 12.8 Å². The van der Waals surface area contributed by atoms with Gasteiger partial charge in [0, 0.05) is 13.1 Å². The van der Waals surface area contributed by atoms with Crippen molar-refractivity contribution in [3.05, 3.63) is 30.1 Å². The van der Waals surface area contributed by atoms with Crippen LogP contribution in [-0.4, -0.2) is 74.4 Å². The Labute approximate surface area is 181 Å². The van der Waals surface area contributed by atoms with Gasteiger partial charge in [-0.15, -0.1) is 0 Å². The molecule has 4 rings (SSSR count). The van der Waals surface area contributed by atoms with Crippen molar-refractivity contribution in [2.75, 3.05) is 26.3 Å². The number of aliphatic hydroxyl groups is 1. The molecule has 3 aliphatic rings. The first-order chi connectivity index (χ1) is 14.8. The number of sulfonamides is 1. The first-order valence-corrected chi connectivity index (χ1v) is 12.2. The van der Waals surface area contributed by atoms with Crippen LogP contribution in [0, 0.1) is 11.7 Å². The van der Waals surface area contributed by atoms with Gasteiger partial charge in [0.2, 0.25) is 15.9 Å². The number of hydrogen-bond donors (Lipinski definition) is 2. The number of nitrogens with one attached hydrogen (secondary N) is 1. The summed E-state index contributed by atoms with van der Waals surface area (Å²) < 4.78 is 52.8. The smallest absolute Gasteiger partial charge is 0.243 e. The lowest BCUT2D eigenvalue weighted by molar-refractivity contribution is -0.146. The van der Waals surface area contributed by atoms with Crippen LogP contribution in [0.3, 0.4) is 0 Å². The zero-order chi connectivity index (χ0) is 22.0. The molecule has 0 bridgehead atoms. The molecule has 2 N–H and O–H groups in total. The number of amides is 1. The van der Waals surface area contributed by atoms with E-state index in [2.05, 4.69) is 5.32 Å². The molecule has 172 valence electrons. The summed E-state index contributed by atoms with van der Waals surface area (Å²) in [5, 5.41) is 13.2. The third-order valence-electron chi connectivity index (χ3n) is 6.05. The maximum Gasteiger partial charge on any atom is 0.243 e. The molecule has 2 saturated heterocycles. The van der Waals surface area contributed by atoms with Gasteiger partial charge >= 0.3 is 0 Å². The van der Waals surface area contributed by atoms with Crippen molar-refractivity contribution in [2.45, 2.75) is 61.4 Å². The number of benzene rings is 1. The minimum Gasteiger partial charge on any atom is -0.389 e. The first-order valence-electron chi connectivity index (χ1n) is 10.8. The van der Waals surface area contributed by atoms with Crippen LogP contribution in [0.5, 0.6) is 0 Å². The molecule has 0 aromatic heterocycles. The third kappa shape index (κ3) is 5.61. The van der Waals surface area contributed by atoms with Crippen LogP contribution in [-0.2, 0) is 24.3 Å². The second-order valence-electron chi connectivity index (χ2n) is 8.61. The Kier molecular flexibility index (Phi) is 6.92. The van der Waals surface area contributed by atoms with E-state index in [1.54, 1.807) is 0 Å². The molecule has 1 aromatic rings. The number of ether oxygens (including phenoxy) is 2. The summed E-state index contributed by atoms with van der Waals surface area (Å²) in [5.41, 5.74) is 0. The van der Waals surface area contributed by atoms with Gasteiger partial charge in [0.1, 0.15) is 5.82 Å². The topological polar surface area (TPSA) is 105 Å². The van der Waals surface area contributed by atoms with E-state index in [-0.39, 0.29) is 43.1 Å². The van der Waals surface area contributed by atoms with Crippen molar-refractivity contribution in [1.82, 2.24) is 9.62 Å². The predicted octanol–water partition coefficient (Wildman–Crippen LogP) is 1.04. The molecule has 2 aliphatic heterocycles. The van der Waals surface area contributed by atoms with Crippen molar-refractivity contribution in [3.8, 4) is 0 Å². The molecule has 1 amide bonds. The zero-order valence-corrected chi connectivity index (χ0v) is 18.1. The first kappa shape index (κ1) is 22.6. The molecule has 4 atom stereocenters. The van der Waals surface area contributed by atoms with Gasteiger partial charge in [0.05, 0.1) is 48.9 Å². The zero-order valence-electron chi connectivity index (χ0n) is 17.3. The molecule has 3 fully saturated rings. The number of carbonyl (C=O) groups excluding carboxylic acids is 1. The minimum atomic E-state index is -3.98. The van der Waals surface area contributed by atoms with Crippen LogP contribution in [0.4, 0.5) is 4.39 Å². The summed E-state index contributed by atoms with van der Waals surface area (Å²) in [5.74, 6) is 0.00585. The van der Waals surface area contributed by atoms with Crippen LogP contribution in [0.1, 0.15) is 32.1 Å². The largest absolute Gasteiger partial charge is 0.389 e. The highest BCUT2D eigenvalue weighted by molar-refractivity contribution is 7.89. The van der Waals surface area contributed by atoms with Crippen molar-refractivity contribution >= 4 is 15.9 Å². The molecule has 10 heteroatoms. The van der Waals surface area contributed by atoms with Gasteiger partial charge in [-0.2, -0.15) is 4.31 Å². The van der Waals surface area contributed by atoms with Crippen LogP contribution < -0.4 is 5.32 Å². The number of rotatable bonds is 6. The van der Waals surface area contributed by atoms with Crippen molar-refractivity contribution < 1.29 is 32.2 Å². The van der Waals surface area contributed by atoms with E-state index in [0.717, 1.165) is 25.0 Å². The SMILES string of the molecule is O=C(C[C@H]1CC[C@H]2[C@@H](COC[C@@H](O)CN2S(=O)(=O)c2ccc(F)cc2)O1)NCC1CC1. The molecule has 1 saturated carbocycles. The standard InChI is InChI=1S/C21H29FN2O6S/c22-15-3-6-18(7-4-15)31(27,28)24-11-16(25)12-29-13-20-19(24)8-5-17(30-20)9-21(26)23-10-14-1-2-14/h3-4,6-7,14,16-17,19-20,25H,1-2,5,8-13H2,(H,23,26)/t16-,17+,19-,20+/m0/s1. The number of halogens is 1. The van der Waals surface area contributed by atoms with Crippen molar-refractivity contribution in [3.63, 3.8) is 0 Å². The molecular weight excluding hydrogens is 427 g/mol. The molecule has 0 unspecified atom stereocenters. The number of aliphatic hydroxyl groups excluding tert-OH is 1. The van der Waals surface area contributed by atoms with E-state index in [0.29, 0.717) is 25.3 Å². The van der Waals surface area contributed by atoms with Crippen molar-refractivity contribution in [2.24, 2.45) is 5.92 Å². The lowest BCUT2D eigenvalue weighted by Gasteiger charge is -2.43. The Morgan fingerprint density at radius 1 is 1.16 bits per heavy atom. The van der Waals surface area contributed by atoms with Gasteiger partial charge in [0.25, 0.3) is 0 Å². The number of nitrogens with zero attached hydrogens (tertiary/aromatic N) is 1. The second-order valence-corrected chi connectivity index (χ2v) is 10.5. The quantitative estimate of drug-likeness (QED) is 0.663. The Balaban J connectivity index is 1.47. The van der Waals surface area contributed by atoms with E-state index < -0.39 is 34.1 Å². The van der Waals surface area contributed by atoms with E-state index in [1.807, 2.05) is 0 Å². The van der Waals surface area contributed by atoms with E-state index in [9.17, 15) is 22.7 Å². The summed E-state index contributed by atoms with van der Waals surface area (Å²) in [6.45, 7) is 0.658. The van der Waals surface area contributed by atoms with Gasteiger partial charge in [0.15, 0.2) is 0 Å². The lowest BCUT2D eigenvalue weighted by Crippen LogP contribution is -2.57. The van der Waals surface area contributed by atoms with E-state index in [4.69, 9.17) is 9.47 Å². The molecule has 1 aromatic carbocycles. The van der Waals surface area contributed by atoms with Crippen LogP contribution in [0.15, 0.2) is 29.2 Å². The van der Waals surface area contributed by atoms with Gasteiger partial charge < -0.3 is 19.9 Å². The lowest BCUT2D eigenvalue weighted by atomic mass is 9.96. The van der Waals surface area contributed by atoms with Crippen LogP contribution in [0.2, 0.25) is 0 Å². The Hall–Kier alpha value is -1.59. The number of fused-ring (bicyclic) bond motifs is 1. The van der Waals surface area contributed by atoms with E-state index in [1.165, 1.54) is 16.4 Å². The van der Waals surface area contributed by atoms with Gasteiger partial charge in [-0.1, -0.05) is 0 Å². The molecule has 8 nitrogen and oxygen atoms in total. The maximum atomic E-state index is 13.3. The highest BCUT2D eigenvalue weighted by atomic mass is 32.2. The molecular formula is C21H29FN2O6S. The fourth-order valence-corrected chi connectivity index (χ4v) is 5.89. The molecule has 1 aliphatic carbocycles. The number of hydrogen-bond acceptors (Lipinski definition) is 6.